The first kappa shape index (κ1) is 25.8. The van der Waals surface area contributed by atoms with Gasteiger partial charge in [-0.25, -0.2) is 4.79 Å². The van der Waals surface area contributed by atoms with Gasteiger partial charge in [0.1, 0.15) is 10.8 Å². The van der Waals surface area contributed by atoms with E-state index in [0.29, 0.717) is 28.1 Å². The molecule has 10 heteroatoms. The molecule has 2 aromatic heterocycles. The third-order valence-electron chi connectivity index (χ3n) is 5.34. The van der Waals surface area contributed by atoms with Crippen molar-refractivity contribution in [2.45, 2.75) is 58.8 Å². The molecule has 3 aromatic rings. The van der Waals surface area contributed by atoms with Crippen molar-refractivity contribution in [3.05, 3.63) is 51.7 Å². The second-order valence-electron chi connectivity index (χ2n) is 7.73. The van der Waals surface area contributed by atoms with E-state index in [1.165, 1.54) is 35.8 Å². The van der Waals surface area contributed by atoms with Crippen molar-refractivity contribution in [3.8, 4) is 5.75 Å². The fourth-order valence-corrected chi connectivity index (χ4v) is 5.12. The molecule has 34 heavy (non-hydrogen) atoms. The van der Waals surface area contributed by atoms with E-state index in [2.05, 4.69) is 29.4 Å². The average molecular weight is 503 g/mol. The number of hydrogen-bond donors (Lipinski definition) is 1. The number of carbonyl (C=O) groups excluding carboxylic acids is 2. The van der Waals surface area contributed by atoms with E-state index < -0.39 is 5.97 Å². The number of benzene rings is 1. The zero-order valence-electron chi connectivity index (χ0n) is 20.3. The predicted octanol–water partition coefficient (Wildman–Crippen LogP) is 5.20. The van der Waals surface area contributed by atoms with E-state index >= 15 is 0 Å². The zero-order chi connectivity index (χ0) is 24.8. The quantitative estimate of drug-likeness (QED) is 0.301. The molecule has 0 radical (unpaired) electrons. The molecule has 182 valence electrons. The van der Waals surface area contributed by atoms with Gasteiger partial charge < -0.3 is 19.4 Å². The van der Waals surface area contributed by atoms with Crippen LogP contribution in [0.1, 0.15) is 59.1 Å². The summed E-state index contributed by atoms with van der Waals surface area (Å²) in [7, 11) is 1.33. The Labute approximate surface area is 208 Å². The summed E-state index contributed by atoms with van der Waals surface area (Å²) >= 11 is 2.67. The number of nitrogens with one attached hydrogen (secondary N) is 1. The number of anilines is 1. The Balaban J connectivity index is 1.66. The second kappa shape index (κ2) is 11.5. The normalized spacial score (nSPS) is 11.8. The van der Waals surface area contributed by atoms with Gasteiger partial charge in [0, 0.05) is 11.4 Å². The third-order valence-corrected chi connectivity index (χ3v) is 7.50. The number of amides is 1. The van der Waals surface area contributed by atoms with E-state index in [1.54, 1.807) is 6.07 Å². The Morgan fingerprint density at radius 3 is 2.59 bits per heavy atom. The van der Waals surface area contributed by atoms with Gasteiger partial charge in [0.05, 0.1) is 18.4 Å². The molecule has 0 aliphatic carbocycles. The van der Waals surface area contributed by atoms with Gasteiger partial charge in [-0.15, -0.1) is 21.5 Å². The van der Waals surface area contributed by atoms with E-state index in [0.717, 1.165) is 22.6 Å². The number of hydrogen-bond acceptors (Lipinski definition) is 8. The van der Waals surface area contributed by atoms with Gasteiger partial charge in [-0.1, -0.05) is 24.8 Å². The Kier molecular flexibility index (Phi) is 8.73. The van der Waals surface area contributed by atoms with Gasteiger partial charge in [-0.2, -0.15) is 0 Å². The zero-order valence-corrected chi connectivity index (χ0v) is 21.9. The molecule has 1 N–H and O–H groups in total. The average Bonchev–Trinajstić information content (AvgIpc) is 3.43. The molecule has 1 amide bonds. The van der Waals surface area contributed by atoms with Gasteiger partial charge in [0.2, 0.25) is 5.91 Å². The van der Waals surface area contributed by atoms with Crippen LogP contribution in [0.2, 0.25) is 0 Å². The minimum absolute atomic E-state index is 0.129. The lowest BCUT2D eigenvalue weighted by molar-refractivity contribution is -0.113. The molecule has 0 aliphatic heterocycles. The molecule has 1 unspecified atom stereocenters. The number of rotatable bonds is 10. The number of thioether (sulfide) groups is 1. The number of methoxy groups -OCH3 is 1. The monoisotopic (exact) mass is 502 g/mol. The molecule has 0 saturated heterocycles. The maximum Gasteiger partial charge on any atom is 0.340 e. The number of carbonyl (C=O) groups is 2. The van der Waals surface area contributed by atoms with Gasteiger partial charge in [0.15, 0.2) is 17.1 Å². The molecular formula is C24H30N4O4S2. The molecular weight excluding hydrogens is 472 g/mol. The van der Waals surface area contributed by atoms with Crippen molar-refractivity contribution in [1.82, 2.24) is 14.8 Å². The standard InChI is InChI=1S/C24H30N4O4S2/c1-7-18-12-19(23(30)31-6)22(34-18)25-20(29)13-33-24-27-26-21(28(24)8-2)16(5)32-17-10-9-14(3)15(4)11-17/h9-12,16H,7-8,13H2,1-6H3,(H,25,29). The van der Waals surface area contributed by atoms with Crippen molar-refractivity contribution in [2.75, 3.05) is 18.2 Å². The van der Waals surface area contributed by atoms with Crippen molar-refractivity contribution in [1.29, 1.82) is 0 Å². The van der Waals surface area contributed by atoms with Crippen LogP contribution >= 0.6 is 23.1 Å². The molecule has 2 heterocycles. The van der Waals surface area contributed by atoms with E-state index in [1.807, 2.05) is 43.5 Å². The highest BCUT2D eigenvalue weighted by molar-refractivity contribution is 7.99. The van der Waals surface area contributed by atoms with Crippen LogP contribution in [0.15, 0.2) is 29.4 Å². The summed E-state index contributed by atoms with van der Waals surface area (Å²) in [5.74, 6) is 0.907. The largest absolute Gasteiger partial charge is 0.483 e. The van der Waals surface area contributed by atoms with Crippen LogP contribution in [0.25, 0.3) is 0 Å². The second-order valence-corrected chi connectivity index (χ2v) is 9.81. The Bertz CT molecular complexity index is 1170. The van der Waals surface area contributed by atoms with Crippen LogP contribution < -0.4 is 10.1 Å². The first-order chi connectivity index (χ1) is 16.3. The summed E-state index contributed by atoms with van der Waals surface area (Å²) in [5.41, 5.74) is 2.75. The molecule has 1 atom stereocenters. The first-order valence-electron chi connectivity index (χ1n) is 11.1. The minimum Gasteiger partial charge on any atom is -0.483 e. The fourth-order valence-electron chi connectivity index (χ4n) is 3.31. The van der Waals surface area contributed by atoms with Gasteiger partial charge in [-0.3, -0.25) is 4.79 Å². The van der Waals surface area contributed by atoms with E-state index in [9.17, 15) is 9.59 Å². The number of esters is 1. The summed E-state index contributed by atoms with van der Waals surface area (Å²) < 4.78 is 12.9. The van der Waals surface area contributed by atoms with Crippen LogP contribution in [-0.2, 0) is 22.5 Å². The van der Waals surface area contributed by atoms with Gasteiger partial charge >= 0.3 is 5.97 Å². The fraction of sp³-hybridized carbons (Fsp3) is 0.417. The number of aryl methyl sites for hydroxylation is 3. The van der Waals surface area contributed by atoms with Crippen LogP contribution in [-0.4, -0.2) is 39.5 Å². The van der Waals surface area contributed by atoms with Crippen molar-refractivity contribution in [2.24, 2.45) is 0 Å². The summed E-state index contributed by atoms with van der Waals surface area (Å²) in [6.07, 6.45) is 0.461. The van der Waals surface area contributed by atoms with Gasteiger partial charge in [0.25, 0.3) is 0 Å². The SMILES string of the molecule is CCc1cc(C(=O)OC)c(NC(=O)CSc2nnc(C(C)Oc3ccc(C)c(C)c3)n2CC)s1. The number of aromatic nitrogens is 3. The van der Waals surface area contributed by atoms with E-state index in [4.69, 9.17) is 9.47 Å². The molecule has 0 saturated carbocycles. The molecule has 0 fully saturated rings. The summed E-state index contributed by atoms with van der Waals surface area (Å²) in [6.45, 7) is 10.7. The summed E-state index contributed by atoms with van der Waals surface area (Å²) in [6, 6.07) is 7.75. The Morgan fingerprint density at radius 2 is 1.94 bits per heavy atom. The molecule has 3 rings (SSSR count). The number of thiophene rings is 1. The topological polar surface area (TPSA) is 95.3 Å². The van der Waals surface area contributed by atoms with Crippen LogP contribution in [0, 0.1) is 13.8 Å². The Hall–Kier alpha value is -2.85. The lowest BCUT2D eigenvalue weighted by Gasteiger charge is -2.16. The van der Waals surface area contributed by atoms with Crippen LogP contribution in [0.4, 0.5) is 5.00 Å². The van der Waals surface area contributed by atoms with Crippen LogP contribution in [0.3, 0.4) is 0 Å². The van der Waals surface area contributed by atoms with Crippen LogP contribution in [0.5, 0.6) is 5.75 Å². The van der Waals surface area contributed by atoms with Gasteiger partial charge in [-0.05, 0) is 63.4 Å². The third kappa shape index (κ3) is 5.98. The number of nitrogens with zero attached hydrogens (tertiary/aromatic N) is 3. The lowest BCUT2D eigenvalue weighted by atomic mass is 10.1. The maximum atomic E-state index is 12.6. The van der Waals surface area contributed by atoms with Crippen molar-refractivity contribution < 1.29 is 19.1 Å². The molecule has 0 bridgehead atoms. The predicted molar refractivity (Wildman–Crippen MR) is 135 cm³/mol. The maximum absolute atomic E-state index is 12.6. The molecule has 1 aromatic carbocycles. The smallest absolute Gasteiger partial charge is 0.340 e. The lowest BCUT2D eigenvalue weighted by Crippen LogP contribution is -2.16. The first-order valence-corrected chi connectivity index (χ1v) is 12.9. The van der Waals surface area contributed by atoms with Crippen molar-refractivity contribution >= 4 is 40.0 Å². The minimum atomic E-state index is -0.466. The highest BCUT2D eigenvalue weighted by Gasteiger charge is 2.21. The highest BCUT2D eigenvalue weighted by Crippen LogP contribution is 2.30. The highest BCUT2D eigenvalue weighted by atomic mass is 32.2. The molecule has 0 aliphatic rings. The van der Waals surface area contributed by atoms with E-state index in [-0.39, 0.29) is 17.8 Å². The molecule has 0 spiro atoms. The summed E-state index contributed by atoms with van der Waals surface area (Å²) in [4.78, 5) is 25.7. The summed E-state index contributed by atoms with van der Waals surface area (Å²) in [5, 5.41) is 12.6. The Morgan fingerprint density at radius 1 is 1.18 bits per heavy atom. The van der Waals surface area contributed by atoms with Crippen molar-refractivity contribution in [3.63, 3.8) is 0 Å². The number of ether oxygens (including phenoxy) is 2. The molecule has 8 nitrogen and oxygen atoms in total.